The first-order valence-electron chi connectivity index (χ1n) is 10.6. The third kappa shape index (κ3) is 4.92. The van der Waals surface area contributed by atoms with Gasteiger partial charge in [-0.25, -0.2) is 4.98 Å². The van der Waals surface area contributed by atoms with Crippen LogP contribution >= 0.6 is 22.7 Å². The molecule has 2 aliphatic rings. The van der Waals surface area contributed by atoms with Gasteiger partial charge in [0.2, 0.25) is 5.91 Å². The molecule has 0 radical (unpaired) electrons. The lowest BCUT2D eigenvalue weighted by Crippen LogP contribution is -2.48. The fourth-order valence-electron chi connectivity index (χ4n) is 3.53. The maximum atomic E-state index is 13.0. The second-order valence-corrected chi connectivity index (χ2v) is 11.3. The van der Waals surface area contributed by atoms with Crippen LogP contribution in [0.3, 0.4) is 0 Å². The first kappa shape index (κ1) is 21.5. The van der Waals surface area contributed by atoms with Crippen molar-refractivity contribution >= 4 is 39.5 Å². The van der Waals surface area contributed by atoms with Gasteiger partial charge < -0.3 is 10.2 Å². The summed E-state index contributed by atoms with van der Waals surface area (Å²) in [6.07, 6.45) is 1.95. The third-order valence-electron chi connectivity index (χ3n) is 5.55. The van der Waals surface area contributed by atoms with Gasteiger partial charge in [0.1, 0.15) is 0 Å². The Hall–Kier alpha value is -1.77. The molecule has 1 saturated heterocycles. The van der Waals surface area contributed by atoms with Gasteiger partial charge >= 0.3 is 0 Å². The molecule has 0 unspecified atom stereocenters. The highest BCUT2D eigenvalue weighted by Gasteiger charge is 2.31. The first-order valence-corrected chi connectivity index (χ1v) is 12.3. The van der Waals surface area contributed by atoms with Crippen molar-refractivity contribution in [3.8, 4) is 0 Å². The van der Waals surface area contributed by atoms with Crippen LogP contribution in [-0.4, -0.2) is 52.8 Å². The molecule has 2 fully saturated rings. The minimum absolute atomic E-state index is 0.0766. The molecule has 0 spiro atoms. The van der Waals surface area contributed by atoms with Crippen molar-refractivity contribution in [3.05, 3.63) is 32.6 Å². The highest BCUT2D eigenvalue weighted by Crippen LogP contribution is 2.33. The standard InChI is InChI=1S/C22H30N4O2S2/c1-14-11-17(24-19(27)15-5-6-15)30-18(14)20(28)26-9-7-25(8-10-26)12-16-13-29-21(23-16)22(2,3)4/h11,13,15H,5-10,12H2,1-4H3,(H,24,27). The van der Waals surface area contributed by atoms with E-state index >= 15 is 0 Å². The smallest absolute Gasteiger partial charge is 0.264 e. The van der Waals surface area contributed by atoms with Gasteiger partial charge in [0.15, 0.2) is 0 Å². The lowest BCUT2D eigenvalue weighted by atomic mass is 9.98. The van der Waals surface area contributed by atoms with Crippen LogP contribution in [0.1, 0.15) is 59.5 Å². The molecule has 162 valence electrons. The minimum Gasteiger partial charge on any atom is -0.335 e. The molecule has 1 saturated carbocycles. The van der Waals surface area contributed by atoms with Crippen LogP contribution in [0.2, 0.25) is 0 Å². The van der Waals surface area contributed by atoms with Crippen molar-refractivity contribution in [2.45, 2.75) is 52.5 Å². The van der Waals surface area contributed by atoms with Gasteiger partial charge in [-0.15, -0.1) is 22.7 Å². The van der Waals surface area contributed by atoms with Crippen molar-refractivity contribution in [1.29, 1.82) is 0 Å². The van der Waals surface area contributed by atoms with Crippen LogP contribution in [-0.2, 0) is 16.8 Å². The topological polar surface area (TPSA) is 65.5 Å². The average molecular weight is 447 g/mol. The largest absolute Gasteiger partial charge is 0.335 e. The summed E-state index contributed by atoms with van der Waals surface area (Å²) < 4.78 is 0. The zero-order valence-corrected chi connectivity index (χ0v) is 19.8. The zero-order valence-electron chi connectivity index (χ0n) is 18.2. The molecule has 6 nitrogen and oxygen atoms in total. The Balaban J connectivity index is 1.31. The molecular weight excluding hydrogens is 416 g/mol. The predicted molar refractivity (Wildman–Crippen MR) is 122 cm³/mol. The number of amides is 2. The van der Waals surface area contributed by atoms with Gasteiger partial charge in [-0.3, -0.25) is 14.5 Å². The van der Waals surface area contributed by atoms with Gasteiger partial charge in [0.25, 0.3) is 5.91 Å². The summed E-state index contributed by atoms with van der Waals surface area (Å²) in [5.41, 5.74) is 2.15. The molecule has 3 heterocycles. The summed E-state index contributed by atoms with van der Waals surface area (Å²) in [7, 11) is 0. The van der Waals surface area contributed by atoms with Gasteiger partial charge in [-0.1, -0.05) is 20.8 Å². The first-order chi connectivity index (χ1) is 14.2. The summed E-state index contributed by atoms with van der Waals surface area (Å²) in [6, 6.07) is 1.92. The number of anilines is 1. The van der Waals surface area contributed by atoms with Crippen LogP contribution < -0.4 is 5.32 Å². The summed E-state index contributed by atoms with van der Waals surface area (Å²) >= 11 is 3.13. The number of nitrogens with zero attached hydrogens (tertiary/aromatic N) is 3. The van der Waals surface area contributed by atoms with Crippen LogP contribution in [0.5, 0.6) is 0 Å². The molecule has 1 N–H and O–H groups in total. The number of hydrogen-bond donors (Lipinski definition) is 1. The second kappa shape index (κ2) is 8.40. The van der Waals surface area contributed by atoms with E-state index in [4.69, 9.17) is 4.98 Å². The third-order valence-corrected chi connectivity index (χ3v) is 8.00. The van der Waals surface area contributed by atoms with E-state index in [1.54, 1.807) is 11.3 Å². The van der Waals surface area contributed by atoms with Gasteiger partial charge in [0.05, 0.1) is 20.6 Å². The van der Waals surface area contributed by atoms with E-state index in [9.17, 15) is 9.59 Å². The number of thiazole rings is 1. The maximum Gasteiger partial charge on any atom is 0.264 e. The predicted octanol–water partition coefficient (Wildman–Crippen LogP) is 4.12. The number of rotatable bonds is 5. The normalized spacial score (nSPS) is 17.9. The van der Waals surface area contributed by atoms with Crippen molar-refractivity contribution < 1.29 is 9.59 Å². The summed E-state index contributed by atoms with van der Waals surface area (Å²) in [6.45, 7) is 12.5. The van der Waals surface area contributed by atoms with E-state index in [-0.39, 0.29) is 23.1 Å². The molecule has 1 aliphatic carbocycles. The molecule has 0 aromatic carbocycles. The Morgan fingerprint density at radius 2 is 1.90 bits per heavy atom. The second-order valence-electron chi connectivity index (χ2n) is 9.35. The maximum absolute atomic E-state index is 13.0. The van der Waals surface area contributed by atoms with Crippen molar-refractivity contribution in [3.63, 3.8) is 0 Å². The van der Waals surface area contributed by atoms with Crippen LogP contribution in [0.4, 0.5) is 5.00 Å². The Kier molecular flexibility index (Phi) is 6.01. The number of carbonyl (C=O) groups is 2. The number of nitrogens with one attached hydrogen (secondary N) is 1. The number of thiophene rings is 1. The Morgan fingerprint density at radius 3 is 2.50 bits per heavy atom. The fraction of sp³-hybridized carbons (Fsp3) is 0.591. The summed E-state index contributed by atoms with van der Waals surface area (Å²) in [4.78, 5) is 34.9. The van der Waals surface area contributed by atoms with Gasteiger partial charge in [-0.2, -0.15) is 0 Å². The Morgan fingerprint density at radius 1 is 1.20 bits per heavy atom. The monoisotopic (exact) mass is 446 g/mol. The number of hydrogen-bond acceptors (Lipinski definition) is 6. The SMILES string of the molecule is Cc1cc(NC(=O)C2CC2)sc1C(=O)N1CCN(Cc2csc(C(C)(C)C)n2)CC1. The van der Waals surface area contributed by atoms with E-state index in [2.05, 4.69) is 36.4 Å². The van der Waals surface area contributed by atoms with E-state index in [0.717, 1.165) is 66.7 Å². The van der Waals surface area contributed by atoms with Crippen LogP contribution in [0.25, 0.3) is 0 Å². The summed E-state index contributed by atoms with van der Waals surface area (Å²) in [5, 5.41) is 7.07. The lowest BCUT2D eigenvalue weighted by Gasteiger charge is -2.34. The Bertz CT molecular complexity index is 931. The molecular formula is C22H30N4O2S2. The van der Waals surface area contributed by atoms with Crippen molar-refractivity contribution in [2.75, 3.05) is 31.5 Å². The molecule has 30 heavy (non-hydrogen) atoms. The highest BCUT2D eigenvalue weighted by molar-refractivity contribution is 7.18. The van der Waals surface area contributed by atoms with E-state index in [0.29, 0.717) is 0 Å². The molecule has 1 aliphatic heterocycles. The van der Waals surface area contributed by atoms with E-state index < -0.39 is 0 Å². The zero-order chi connectivity index (χ0) is 21.5. The number of carbonyl (C=O) groups excluding carboxylic acids is 2. The van der Waals surface area contributed by atoms with Crippen LogP contribution in [0.15, 0.2) is 11.4 Å². The fourth-order valence-corrected chi connectivity index (χ4v) is 5.47. The van der Waals surface area contributed by atoms with Crippen molar-refractivity contribution in [2.24, 2.45) is 5.92 Å². The van der Waals surface area contributed by atoms with Crippen molar-refractivity contribution in [1.82, 2.24) is 14.8 Å². The molecule has 0 bridgehead atoms. The number of aryl methyl sites for hydroxylation is 1. The molecule has 2 aromatic rings. The number of piperazine rings is 1. The summed E-state index contributed by atoms with van der Waals surface area (Å²) in [5.74, 6) is 0.324. The molecule has 4 rings (SSSR count). The Labute approximate surface area is 186 Å². The molecule has 0 atom stereocenters. The van der Waals surface area contributed by atoms with Crippen LogP contribution in [0, 0.1) is 12.8 Å². The molecule has 8 heteroatoms. The average Bonchev–Trinajstić information content (AvgIpc) is 3.33. The number of aromatic nitrogens is 1. The van der Waals surface area contributed by atoms with E-state index in [1.807, 2.05) is 17.9 Å². The highest BCUT2D eigenvalue weighted by atomic mass is 32.1. The quantitative estimate of drug-likeness (QED) is 0.750. The van der Waals surface area contributed by atoms with E-state index in [1.165, 1.54) is 16.3 Å². The molecule has 2 aromatic heterocycles. The molecule has 2 amide bonds. The van der Waals surface area contributed by atoms with Gasteiger partial charge in [0, 0.05) is 49.4 Å². The lowest BCUT2D eigenvalue weighted by molar-refractivity contribution is -0.117. The minimum atomic E-state index is 0.0766. The van der Waals surface area contributed by atoms with Gasteiger partial charge in [-0.05, 0) is 31.4 Å².